The van der Waals surface area contributed by atoms with Crippen LogP contribution in [0.25, 0.3) is 0 Å². The van der Waals surface area contributed by atoms with Gasteiger partial charge in [0.1, 0.15) is 5.82 Å². The van der Waals surface area contributed by atoms with Gasteiger partial charge in [-0.15, -0.1) is 0 Å². The average molecular weight is 381 g/mol. The lowest BCUT2D eigenvalue weighted by Crippen LogP contribution is -2.27. The van der Waals surface area contributed by atoms with Crippen LogP contribution in [0.3, 0.4) is 0 Å². The van der Waals surface area contributed by atoms with Gasteiger partial charge in [-0.3, -0.25) is 0 Å². The zero-order valence-electron chi connectivity index (χ0n) is 16.7. The molecule has 152 valence electrons. The summed E-state index contributed by atoms with van der Waals surface area (Å²) in [5.41, 5.74) is 0.531. The van der Waals surface area contributed by atoms with Crippen molar-refractivity contribution < 1.29 is 23.4 Å². The van der Waals surface area contributed by atoms with Crippen LogP contribution in [0.2, 0.25) is 0 Å². The van der Waals surface area contributed by atoms with Crippen molar-refractivity contribution in [2.45, 2.75) is 71.5 Å². The van der Waals surface area contributed by atoms with Gasteiger partial charge >= 0.3 is 5.97 Å². The molecule has 0 aromatic heterocycles. The second kappa shape index (κ2) is 12.1. The molecule has 27 heavy (non-hydrogen) atoms. The number of esters is 1. The van der Waals surface area contributed by atoms with Crippen molar-refractivity contribution in [1.29, 1.82) is 0 Å². The largest absolute Gasteiger partial charge is 0.462 e. The van der Waals surface area contributed by atoms with Gasteiger partial charge in [0.15, 0.2) is 6.29 Å². The lowest BCUT2D eigenvalue weighted by molar-refractivity contribution is -0.207. The van der Waals surface area contributed by atoms with E-state index >= 15 is 0 Å². The van der Waals surface area contributed by atoms with E-state index in [1.807, 2.05) is 0 Å². The second-order valence-corrected chi connectivity index (χ2v) is 7.23. The molecule has 0 aliphatic carbocycles. The minimum atomic E-state index is -0.702. The maximum Gasteiger partial charge on any atom is 0.338 e. The summed E-state index contributed by atoms with van der Waals surface area (Å²) >= 11 is 0. The number of hydrogen-bond acceptors (Lipinski definition) is 4. The summed E-state index contributed by atoms with van der Waals surface area (Å²) in [5.74, 6) is -0.655. The van der Waals surface area contributed by atoms with Gasteiger partial charge in [-0.25, -0.2) is 9.18 Å². The standard InChI is InChI=1S/C22H33FO4/c1-3-5-6-7-8-9-10-11-17-15-26-22(27-16-17)19-13-12-18(14-20(19)23)21(24)25-4-2/h12-14,17,22H,3-11,15-16H2,1-2H3. The quantitative estimate of drug-likeness (QED) is 0.359. The molecule has 0 amide bonds. The van der Waals surface area contributed by atoms with Crippen molar-refractivity contribution in [2.75, 3.05) is 19.8 Å². The average Bonchev–Trinajstić information content (AvgIpc) is 2.68. The van der Waals surface area contributed by atoms with Gasteiger partial charge in [0.25, 0.3) is 0 Å². The van der Waals surface area contributed by atoms with Crippen molar-refractivity contribution in [3.8, 4) is 0 Å². The molecule has 1 aromatic carbocycles. The Hall–Kier alpha value is -1.46. The third-order valence-corrected chi connectivity index (χ3v) is 4.95. The van der Waals surface area contributed by atoms with Gasteiger partial charge in [-0.05, 0) is 25.5 Å². The second-order valence-electron chi connectivity index (χ2n) is 7.23. The molecule has 5 heteroatoms. The third-order valence-electron chi connectivity index (χ3n) is 4.95. The Kier molecular flexibility index (Phi) is 9.78. The van der Waals surface area contributed by atoms with E-state index in [2.05, 4.69) is 6.92 Å². The fourth-order valence-corrected chi connectivity index (χ4v) is 3.34. The molecule has 4 nitrogen and oxygen atoms in total. The van der Waals surface area contributed by atoms with Crippen LogP contribution in [-0.4, -0.2) is 25.8 Å². The van der Waals surface area contributed by atoms with E-state index in [4.69, 9.17) is 14.2 Å². The van der Waals surface area contributed by atoms with Gasteiger partial charge in [-0.1, -0.05) is 57.9 Å². The van der Waals surface area contributed by atoms with Crippen LogP contribution < -0.4 is 0 Å². The topological polar surface area (TPSA) is 44.8 Å². The first-order chi connectivity index (χ1) is 13.2. The molecule has 0 radical (unpaired) electrons. The Labute approximate surface area is 162 Å². The van der Waals surface area contributed by atoms with Crippen molar-refractivity contribution in [3.63, 3.8) is 0 Å². The molecule has 1 heterocycles. The first kappa shape index (κ1) is 21.8. The van der Waals surface area contributed by atoms with E-state index in [0.29, 0.717) is 24.7 Å². The van der Waals surface area contributed by atoms with E-state index in [1.54, 1.807) is 19.1 Å². The van der Waals surface area contributed by atoms with E-state index in [-0.39, 0.29) is 12.2 Å². The maximum atomic E-state index is 14.3. The van der Waals surface area contributed by atoms with Crippen LogP contribution >= 0.6 is 0 Å². The number of carbonyl (C=O) groups excluding carboxylic acids is 1. The number of carbonyl (C=O) groups is 1. The summed E-state index contributed by atoms with van der Waals surface area (Å²) in [7, 11) is 0. The summed E-state index contributed by atoms with van der Waals surface area (Å²) in [4.78, 5) is 11.7. The lowest BCUT2D eigenvalue weighted by Gasteiger charge is -2.30. The number of halogens is 1. The minimum absolute atomic E-state index is 0.200. The molecule has 1 fully saturated rings. The highest BCUT2D eigenvalue weighted by Gasteiger charge is 2.26. The highest BCUT2D eigenvalue weighted by molar-refractivity contribution is 5.89. The molecule has 0 spiro atoms. The Morgan fingerprint density at radius 1 is 1.07 bits per heavy atom. The monoisotopic (exact) mass is 380 g/mol. The van der Waals surface area contributed by atoms with Crippen molar-refractivity contribution in [2.24, 2.45) is 5.92 Å². The smallest absolute Gasteiger partial charge is 0.338 e. The fourth-order valence-electron chi connectivity index (χ4n) is 3.34. The molecular weight excluding hydrogens is 347 g/mol. The van der Waals surface area contributed by atoms with Crippen LogP contribution in [0.4, 0.5) is 4.39 Å². The summed E-state index contributed by atoms with van der Waals surface area (Å²) in [6.07, 6.45) is 9.42. The highest BCUT2D eigenvalue weighted by atomic mass is 19.1. The fraction of sp³-hybridized carbons (Fsp3) is 0.682. The summed E-state index contributed by atoms with van der Waals surface area (Å²) in [5, 5.41) is 0. The van der Waals surface area contributed by atoms with Crippen LogP contribution in [0.5, 0.6) is 0 Å². The SMILES string of the molecule is CCCCCCCCCC1COC(c2ccc(C(=O)OCC)cc2F)OC1. The molecule has 2 rings (SSSR count). The number of ether oxygens (including phenoxy) is 3. The Morgan fingerprint density at radius 2 is 1.74 bits per heavy atom. The van der Waals surface area contributed by atoms with Crippen LogP contribution in [0.15, 0.2) is 18.2 Å². The number of hydrogen-bond donors (Lipinski definition) is 0. The van der Waals surface area contributed by atoms with Crippen molar-refractivity contribution >= 4 is 5.97 Å². The Bertz CT molecular complexity index is 567. The van der Waals surface area contributed by atoms with Gasteiger partial charge < -0.3 is 14.2 Å². The zero-order valence-corrected chi connectivity index (χ0v) is 16.7. The Balaban J connectivity index is 1.71. The van der Waals surface area contributed by atoms with E-state index in [1.165, 1.54) is 51.0 Å². The molecule has 0 N–H and O–H groups in total. The van der Waals surface area contributed by atoms with Gasteiger partial charge in [-0.2, -0.15) is 0 Å². The van der Waals surface area contributed by atoms with Crippen LogP contribution in [-0.2, 0) is 14.2 Å². The lowest BCUT2D eigenvalue weighted by atomic mass is 10.0. The summed E-state index contributed by atoms with van der Waals surface area (Å²) < 4.78 is 30.7. The first-order valence-corrected chi connectivity index (χ1v) is 10.4. The van der Waals surface area contributed by atoms with Gasteiger partial charge in [0.05, 0.1) is 25.4 Å². The number of rotatable bonds is 11. The normalized spacial score (nSPS) is 19.8. The van der Waals surface area contributed by atoms with E-state index in [9.17, 15) is 9.18 Å². The molecular formula is C22H33FO4. The van der Waals surface area contributed by atoms with Crippen LogP contribution in [0, 0.1) is 11.7 Å². The van der Waals surface area contributed by atoms with Gasteiger partial charge in [0.2, 0.25) is 0 Å². The molecule has 1 saturated heterocycles. The predicted molar refractivity (Wildman–Crippen MR) is 103 cm³/mol. The molecule has 0 bridgehead atoms. The summed E-state index contributed by atoms with van der Waals surface area (Å²) in [6, 6.07) is 4.28. The molecule has 0 saturated carbocycles. The van der Waals surface area contributed by atoms with Crippen LogP contribution in [0.1, 0.15) is 87.4 Å². The van der Waals surface area contributed by atoms with Crippen molar-refractivity contribution in [3.05, 3.63) is 35.1 Å². The molecule has 1 aliphatic heterocycles. The highest BCUT2D eigenvalue weighted by Crippen LogP contribution is 2.29. The maximum absolute atomic E-state index is 14.3. The number of unbranched alkanes of at least 4 members (excludes halogenated alkanes) is 6. The van der Waals surface area contributed by atoms with Gasteiger partial charge in [0, 0.05) is 11.5 Å². The molecule has 1 aliphatic rings. The molecule has 0 atom stereocenters. The molecule has 1 aromatic rings. The zero-order chi connectivity index (χ0) is 19.5. The third kappa shape index (κ3) is 7.23. The number of benzene rings is 1. The summed E-state index contributed by atoms with van der Waals surface area (Å²) in [6.45, 7) is 5.38. The first-order valence-electron chi connectivity index (χ1n) is 10.4. The van der Waals surface area contributed by atoms with Crippen molar-refractivity contribution in [1.82, 2.24) is 0 Å². The van der Waals surface area contributed by atoms with E-state index in [0.717, 1.165) is 6.42 Å². The Morgan fingerprint density at radius 3 is 2.37 bits per heavy atom. The predicted octanol–water partition coefficient (Wildman–Crippen LogP) is 5.80. The molecule has 0 unspecified atom stereocenters. The minimum Gasteiger partial charge on any atom is -0.462 e. The van der Waals surface area contributed by atoms with E-state index < -0.39 is 18.1 Å².